The number of halogens is 5. The number of rotatable bonds is 5. The van der Waals surface area contributed by atoms with Crippen LogP contribution in [0.15, 0.2) is 0 Å². The molecule has 80 valence electrons. The van der Waals surface area contributed by atoms with Crippen LogP contribution in [0.1, 0.15) is 6.42 Å². The van der Waals surface area contributed by atoms with E-state index in [-0.39, 0.29) is 6.04 Å². The van der Waals surface area contributed by atoms with E-state index in [1.165, 1.54) is 0 Å². The summed E-state index contributed by atoms with van der Waals surface area (Å²) in [7, 11) is -0.683. The molecule has 0 fully saturated rings. The Kier molecular flexibility index (Phi) is 4.83. The molecule has 1 atom stereocenters. The van der Waals surface area contributed by atoms with Gasteiger partial charge >= 0.3 is 12.0 Å². The summed E-state index contributed by atoms with van der Waals surface area (Å²) in [5, 5.41) is 0. The van der Waals surface area contributed by atoms with Gasteiger partial charge in [-0.05, 0) is 0 Å². The third-order valence-electron chi connectivity index (χ3n) is 1.56. The lowest BCUT2D eigenvalue weighted by molar-refractivity contribution is -0.341. The number of alkyl halides is 5. The maximum atomic E-state index is 12.9. The molecule has 0 rings (SSSR count). The van der Waals surface area contributed by atoms with Gasteiger partial charge in [0.1, 0.15) is 0 Å². The van der Waals surface area contributed by atoms with Gasteiger partial charge in [-0.3, -0.25) is 0 Å². The van der Waals surface area contributed by atoms with Crippen molar-refractivity contribution < 1.29 is 26.7 Å². The summed E-state index contributed by atoms with van der Waals surface area (Å²) in [6, 6.07) is 0.135. The van der Waals surface area contributed by atoms with E-state index in [1.54, 1.807) is 6.55 Å². The van der Waals surface area contributed by atoms with Gasteiger partial charge in [0.2, 0.25) is 0 Å². The zero-order valence-corrected chi connectivity index (χ0v) is 8.54. The Hall–Kier alpha value is -0.173. The minimum absolute atomic E-state index is 0.135. The van der Waals surface area contributed by atoms with Gasteiger partial charge in [0.25, 0.3) is 0 Å². The average Bonchev–Trinajstić information content (AvgIpc) is 1.99. The van der Waals surface area contributed by atoms with E-state index in [0.29, 0.717) is 0 Å². The SMILES string of the molecule is C[SiH2]CCC(F)(OCF)C(F)(F)F. The van der Waals surface area contributed by atoms with Crippen molar-refractivity contribution in [1.82, 2.24) is 0 Å². The van der Waals surface area contributed by atoms with Crippen molar-refractivity contribution in [1.29, 1.82) is 0 Å². The van der Waals surface area contributed by atoms with Crippen molar-refractivity contribution in [3.63, 3.8) is 0 Å². The zero-order valence-electron chi connectivity index (χ0n) is 7.13. The largest absolute Gasteiger partial charge is 0.448 e. The summed E-state index contributed by atoms with van der Waals surface area (Å²) in [5.41, 5.74) is 0. The normalized spacial score (nSPS) is 18.0. The predicted molar refractivity (Wildman–Crippen MR) is 40.8 cm³/mol. The van der Waals surface area contributed by atoms with Gasteiger partial charge in [0, 0.05) is 15.9 Å². The van der Waals surface area contributed by atoms with Crippen molar-refractivity contribution >= 4 is 9.52 Å². The third kappa shape index (κ3) is 3.59. The topological polar surface area (TPSA) is 9.23 Å². The quantitative estimate of drug-likeness (QED) is 0.511. The first-order valence-electron chi connectivity index (χ1n) is 3.83. The summed E-state index contributed by atoms with van der Waals surface area (Å²) in [4.78, 5) is 0. The zero-order chi connectivity index (χ0) is 10.5. The van der Waals surface area contributed by atoms with E-state index in [1.807, 2.05) is 0 Å². The second kappa shape index (κ2) is 4.90. The molecule has 0 spiro atoms. The molecule has 0 aliphatic rings. The summed E-state index contributed by atoms with van der Waals surface area (Å²) in [5.74, 6) is -3.80. The molecule has 13 heavy (non-hydrogen) atoms. The van der Waals surface area contributed by atoms with Crippen LogP contribution >= 0.6 is 0 Å². The van der Waals surface area contributed by atoms with Crippen molar-refractivity contribution in [2.75, 3.05) is 6.86 Å². The molecule has 7 heteroatoms. The van der Waals surface area contributed by atoms with Crippen LogP contribution in [0.2, 0.25) is 12.6 Å². The molecule has 1 unspecified atom stereocenters. The first kappa shape index (κ1) is 12.8. The van der Waals surface area contributed by atoms with Crippen LogP contribution in [0, 0.1) is 0 Å². The lowest BCUT2D eigenvalue weighted by atomic mass is 10.2. The Labute approximate surface area is 75.1 Å². The molecule has 0 saturated carbocycles. The number of hydrogen-bond donors (Lipinski definition) is 0. The molecule has 0 saturated heterocycles. The predicted octanol–water partition coefficient (Wildman–Crippen LogP) is 2.18. The highest BCUT2D eigenvalue weighted by atomic mass is 28.2. The molecule has 0 aliphatic carbocycles. The molecule has 0 heterocycles. The van der Waals surface area contributed by atoms with E-state index >= 15 is 0 Å². The fourth-order valence-electron chi connectivity index (χ4n) is 0.786. The highest BCUT2D eigenvalue weighted by molar-refractivity contribution is 6.33. The lowest BCUT2D eigenvalue weighted by Gasteiger charge is -2.26. The molecule has 1 nitrogen and oxygen atoms in total. The van der Waals surface area contributed by atoms with Crippen LogP contribution < -0.4 is 0 Å². The highest BCUT2D eigenvalue weighted by Crippen LogP contribution is 2.38. The summed E-state index contributed by atoms with van der Waals surface area (Å²) in [6.45, 7) is -0.0203. The van der Waals surface area contributed by atoms with Crippen molar-refractivity contribution in [3.05, 3.63) is 0 Å². The molecule has 0 aromatic rings. The molecule has 0 aromatic carbocycles. The van der Waals surface area contributed by atoms with E-state index in [2.05, 4.69) is 4.74 Å². The lowest BCUT2D eigenvalue weighted by Crippen LogP contribution is -2.43. The van der Waals surface area contributed by atoms with Gasteiger partial charge in [-0.25, -0.2) is 8.78 Å². The van der Waals surface area contributed by atoms with Crippen LogP contribution in [0.25, 0.3) is 0 Å². The molecule has 0 N–H and O–H groups in total. The third-order valence-corrected chi connectivity index (χ3v) is 2.62. The molecule has 0 bridgehead atoms. The van der Waals surface area contributed by atoms with E-state index in [0.717, 1.165) is 0 Å². The Bertz CT molecular complexity index is 150. The van der Waals surface area contributed by atoms with Gasteiger partial charge in [-0.1, -0.05) is 12.6 Å². The minimum atomic E-state index is -5.15. The Morgan fingerprint density at radius 2 is 1.77 bits per heavy atom. The second-order valence-corrected chi connectivity index (χ2v) is 4.29. The highest BCUT2D eigenvalue weighted by Gasteiger charge is 2.57. The number of ether oxygens (including phenoxy) is 1. The molecule has 0 aliphatic heterocycles. The first-order chi connectivity index (χ1) is 5.87. The smallest absolute Gasteiger partial charge is 0.307 e. The van der Waals surface area contributed by atoms with Gasteiger partial charge in [0.15, 0.2) is 6.86 Å². The van der Waals surface area contributed by atoms with Gasteiger partial charge in [-0.2, -0.15) is 13.2 Å². The first-order valence-corrected chi connectivity index (χ1v) is 6.24. The van der Waals surface area contributed by atoms with Crippen LogP contribution in [0.5, 0.6) is 0 Å². The Morgan fingerprint density at radius 1 is 1.23 bits per heavy atom. The molecular weight excluding hydrogens is 211 g/mol. The van der Waals surface area contributed by atoms with Crippen LogP contribution in [0.4, 0.5) is 22.0 Å². The second-order valence-electron chi connectivity index (χ2n) is 2.58. The summed E-state index contributed by atoms with van der Waals surface area (Å²) >= 11 is 0. The van der Waals surface area contributed by atoms with Gasteiger partial charge < -0.3 is 4.74 Å². The number of hydrogen-bond acceptors (Lipinski definition) is 1. The van der Waals surface area contributed by atoms with Crippen LogP contribution in [-0.4, -0.2) is 28.4 Å². The maximum absolute atomic E-state index is 12.9. The van der Waals surface area contributed by atoms with Crippen LogP contribution in [-0.2, 0) is 4.74 Å². The van der Waals surface area contributed by atoms with E-state index in [9.17, 15) is 22.0 Å². The maximum Gasteiger partial charge on any atom is 0.448 e. The molecule has 0 amide bonds. The van der Waals surface area contributed by atoms with Crippen molar-refractivity contribution in [2.24, 2.45) is 0 Å². The summed E-state index contributed by atoms with van der Waals surface area (Å²) in [6.07, 6.45) is -5.95. The van der Waals surface area contributed by atoms with E-state index < -0.39 is 34.8 Å². The fourth-order valence-corrected chi connectivity index (χ4v) is 1.59. The van der Waals surface area contributed by atoms with Crippen LogP contribution in [0.3, 0.4) is 0 Å². The van der Waals surface area contributed by atoms with Crippen molar-refractivity contribution in [3.8, 4) is 0 Å². The fraction of sp³-hybridized carbons (Fsp3) is 1.00. The van der Waals surface area contributed by atoms with Crippen molar-refractivity contribution in [2.45, 2.75) is 31.0 Å². The molecule has 0 aromatic heterocycles. The minimum Gasteiger partial charge on any atom is -0.307 e. The van der Waals surface area contributed by atoms with E-state index in [4.69, 9.17) is 0 Å². The Morgan fingerprint density at radius 3 is 2.08 bits per heavy atom. The monoisotopic (exact) mass is 222 g/mol. The standard InChI is InChI=1S/C6H11F5OSi/c1-13-3-2-5(8,12-4-7)6(9,10)11/h2-4,13H2,1H3. The molecular formula is C6H11F5OSi. The molecule has 0 radical (unpaired) electrons. The average molecular weight is 222 g/mol. The van der Waals surface area contributed by atoms with Gasteiger partial charge in [0.05, 0.1) is 0 Å². The van der Waals surface area contributed by atoms with Gasteiger partial charge in [-0.15, -0.1) is 0 Å². The Balaban J connectivity index is 4.34. The summed E-state index contributed by atoms with van der Waals surface area (Å²) < 4.78 is 63.8.